The van der Waals surface area contributed by atoms with Crippen LogP contribution < -0.4 is 0 Å². The fraction of sp³-hybridized carbons (Fsp3) is 0.143. The van der Waals surface area contributed by atoms with Crippen molar-refractivity contribution in [2.45, 2.75) is 5.88 Å². The van der Waals surface area contributed by atoms with E-state index in [-0.39, 0.29) is 11.6 Å². The normalized spacial score (nSPS) is 10.1. The molecule has 11 heavy (non-hydrogen) atoms. The lowest BCUT2D eigenvalue weighted by Gasteiger charge is -2.02. The minimum Gasteiger partial charge on any atom is -0.508 e. The molecule has 0 aliphatic heterocycles. The Hall–Kier alpha value is -0.110. The van der Waals surface area contributed by atoms with E-state index in [1.54, 1.807) is 0 Å². The van der Waals surface area contributed by atoms with Crippen molar-refractivity contribution in [3.63, 3.8) is 0 Å². The molecule has 0 aliphatic rings. The number of aromatic hydroxyl groups is 1. The molecule has 1 rings (SSSR count). The van der Waals surface area contributed by atoms with Gasteiger partial charge in [0.25, 0.3) is 0 Å². The maximum absolute atomic E-state index is 9.05. The Balaban J connectivity index is 3.24. The third-order valence-corrected chi connectivity index (χ3v) is 2.36. The molecule has 1 nitrogen and oxygen atoms in total. The number of hydrogen-bond donors (Lipinski definition) is 1. The van der Waals surface area contributed by atoms with Crippen LogP contribution in [0.4, 0.5) is 0 Å². The van der Waals surface area contributed by atoms with Crippen LogP contribution in [0.1, 0.15) is 5.56 Å². The van der Waals surface area contributed by atoms with Gasteiger partial charge in [-0.05, 0) is 11.6 Å². The molecule has 0 atom stereocenters. The smallest absolute Gasteiger partial charge is 0.117 e. The number of alkyl halides is 1. The van der Waals surface area contributed by atoms with Crippen molar-refractivity contribution in [2.24, 2.45) is 0 Å². The predicted molar refractivity (Wildman–Crippen MR) is 47.7 cm³/mol. The highest BCUT2D eigenvalue weighted by atomic mass is 35.5. The average Bonchev–Trinajstić information content (AvgIpc) is 1.96. The maximum Gasteiger partial charge on any atom is 0.117 e. The molecule has 0 fully saturated rings. The Labute approximate surface area is 79.5 Å². The lowest BCUT2D eigenvalue weighted by molar-refractivity contribution is 0.475. The second kappa shape index (κ2) is 3.53. The Morgan fingerprint density at radius 3 is 2.45 bits per heavy atom. The highest BCUT2D eigenvalue weighted by molar-refractivity contribution is 6.42. The van der Waals surface area contributed by atoms with Crippen LogP contribution in [0.25, 0.3) is 0 Å². The summed E-state index contributed by atoms with van der Waals surface area (Å²) in [6.07, 6.45) is 0. The molecule has 0 unspecified atom stereocenters. The molecule has 0 saturated heterocycles. The van der Waals surface area contributed by atoms with Crippen LogP contribution >= 0.6 is 34.8 Å². The van der Waals surface area contributed by atoms with Gasteiger partial charge in [-0.2, -0.15) is 0 Å². The van der Waals surface area contributed by atoms with E-state index in [0.29, 0.717) is 15.6 Å². The van der Waals surface area contributed by atoms with Gasteiger partial charge >= 0.3 is 0 Å². The van der Waals surface area contributed by atoms with Crippen molar-refractivity contribution >= 4 is 34.8 Å². The zero-order chi connectivity index (χ0) is 8.43. The van der Waals surface area contributed by atoms with Gasteiger partial charge in [0.1, 0.15) is 5.75 Å². The molecule has 0 saturated carbocycles. The SMILES string of the molecule is Oc1cc(Cl)c(Cl)c(CCl)c1. The zero-order valence-electron chi connectivity index (χ0n) is 5.44. The molecule has 0 amide bonds. The van der Waals surface area contributed by atoms with Gasteiger partial charge in [0.15, 0.2) is 0 Å². The lowest BCUT2D eigenvalue weighted by atomic mass is 10.2. The average molecular weight is 211 g/mol. The molecule has 0 aromatic heterocycles. The largest absolute Gasteiger partial charge is 0.508 e. The second-order valence-corrected chi connectivity index (χ2v) is 3.09. The first-order valence-electron chi connectivity index (χ1n) is 2.88. The van der Waals surface area contributed by atoms with Gasteiger partial charge in [0.2, 0.25) is 0 Å². The monoisotopic (exact) mass is 210 g/mol. The minimum atomic E-state index is 0.0788. The number of hydrogen-bond acceptors (Lipinski definition) is 1. The Morgan fingerprint density at radius 1 is 1.27 bits per heavy atom. The lowest BCUT2D eigenvalue weighted by Crippen LogP contribution is -1.80. The summed E-state index contributed by atoms with van der Waals surface area (Å²) >= 11 is 16.9. The van der Waals surface area contributed by atoms with Crippen LogP contribution in [0.3, 0.4) is 0 Å². The molecule has 60 valence electrons. The van der Waals surface area contributed by atoms with Crippen LogP contribution in [-0.4, -0.2) is 5.11 Å². The van der Waals surface area contributed by atoms with Crippen LogP contribution in [-0.2, 0) is 5.88 Å². The first kappa shape index (κ1) is 8.98. The Morgan fingerprint density at radius 2 is 1.91 bits per heavy atom. The number of rotatable bonds is 1. The fourth-order valence-corrected chi connectivity index (χ4v) is 1.42. The molecule has 1 aromatic rings. The van der Waals surface area contributed by atoms with Crippen molar-refractivity contribution in [3.8, 4) is 5.75 Å². The minimum absolute atomic E-state index is 0.0788. The first-order valence-corrected chi connectivity index (χ1v) is 4.17. The first-order chi connectivity index (χ1) is 5.15. The number of phenols is 1. The van der Waals surface area contributed by atoms with E-state index in [4.69, 9.17) is 39.9 Å². The molecular formula is C7H5Cl3O. The van der Waals surface area contributed by atoms with E-state index < -0.39 is 0 Å². The van der Waals surface area contributed by atoms with Gasteiger partial charge in [-0.15, -0.1) is 11.6 Å². The highest BCUT2D eigenvalue weighted by Crippen LogP contribution is 2.30. The molecule has 0 heterocycles. The van der Waals surface area contributed by atoms with Gasteiger partial charge in [0, 0.05) is 11.9 Å². The van der Waals surface area contributed by atoms with Crippen LogP contribution in [0, 0.1) is 0 Å². The van der Waals surface area contributed by atoms with Gasteiger partial charge in [0.05, 0.1) is 10.0 Å². The molecular weight excluding hydrogens is 206 g/mol. The van der Waals surface area contributed by atoms with Crippen LogP contribution in [0.5, 0.6) is 5.75 Å². The highest BCUT2D eigenvalue weighted by Gasteiger charge is 2.05. The molecule has 1 N–H and O–H groups in total. The molecule has 4 heteroatoms. The van der Waals surface area contributed by atoms with Crippen molar-refractivity contribution in [1.82, 2.24) is 0 Å². The summed E-state index contributed by atoms with van der Waals surface area (Å²) in [5.74, 6) is 0.322. The van der Waals surface area contributed by atoms with Crippen molar-refractivity contribution < 1.29 is 5.11 Å². The van der Waals surface area contributed by atoms with E-state index in [1.165, 1.54) is 12.1 Å². The maximum atomic E-state index is 9.05. The van der Waals surface area contributed by atoms with E-state index >= 15 is 0 Å². The van der Waals surface area contributed by atoms with Gasteiger partial charge in [-0.25, -0.2) is 0 Å². The molecule has 0 aliphatic carbocycles. The zero-order valence-corrected chi connectivity index (χ0v) is 7.71. The summed E-state index contributed by atoms with van der Waals surface area (Å²) in [4.78, 5) is 0. The predicted octanol–water partition coefficient (Wildman–Crippen LogP) is 3.44. The number of phenolic OH excluding ortho intramolecular Hbond substituents is 1. The van der Waals surface area contributed by atoms with E-state index in [2.05, 4.69) is 0 Å². The van der Waals surface area contributed by atoms with Crippen LogP contribution in [0.15, 0.2) is 12.1 Å². The molecule has 0 radical (unpaired) electrons. The van der Waals surface area contributed by atoms with Crippen molar-refractivity contribution in [2.75, 3.05) is 0 Å². The second-order valence-electron chi connectivity index (χ2n) is 2.03. The van der Waals surface area contributed by atoms with Crippen LogP contribution in [0.2, 0.25) is 10.0 Å². The summed E-state index contributed by atoms with van der Waals surface area (Å²) in [5.41, 5.74) is 0.637. The number of halogens is 3. The third kappa shape index (κ3) is 1.92. The summed E-state index contributed by atoms with van der Waals surface area (Å²) < 4.78 is 0. The van der Waals surface area contributed by atoms with Gasteiger partial charge < -0.3 is 5.11 Å². The van der Waals surface area contributed by atoms with E-state index in [0.717, 1.165) is 0 Å². The standard InChI is InChI=1S/C7H5Cl3O/c8-3-4-1-5(11)2-6(9)7(4)10/h1-2,11H,3H2. The summed E-state index contributed by atoms with van der Waals surface area (Å²) in [6.45, 7) is 0. The Bertz CT molecular complexity index is 273. The summed E-state index contributed by atoms with van der Waals surface area (Å²) in [6, 6.07) is 2.86. The van der Waals surface area contributed by atoms with E-state index in [9.17, 15) is 0 Å². The molecule has 0 bridgehead atoms. The quantitative estimate of drug-likeness (QED) is 0.706. The molecule has 0 spiro atoms. The van der Waals surface area contributed by atoms with E-state index in [1.807, 2.05) is 0 Å². The van der Waals surface area contributed by atoms with Gasteiger partial charge in [-0.3, -0.25) is 0 Å². The summed E-state index contributed by atoms with van der Waals surface area (Å²) in [7, 11) is 0. The fourth-order valence-electron chi connectivity index (χ4n) is 0.727. The molecule has 1 aromatic carbocycles. The third-order valence-electron chi connectivity index (χ3n) is 1.23. The van der Waals surface area contributed by atoms with Gasteiger partial charge in [-0.1, -0.05) is 23.2 Å². The number of benzene rings is 1. The van der Waals surface area contributed by atoms with Crippen molar-refractivity contribution in [1.29, 1.82) is 0 Å². The van der Waals surface area contributed by atoms with Crippen molar-refractivity contribution in [3.05, 3.63) is 27.7 Å². The topological polar surface area (TPSA) is 20.2 Å². The Kier molecular flexibility index (Phi) is 2.88. The summed E-state index contributed by atoms with van der Waals surface area (Å²) in [5, 5.41) is 9.77.